The van der Waals surface area contributed by atoms with Crippen molar-refractivity contribution in [1.29, 1.82) is 0 Å². The van der Waals surface area contributed by atoms with Crippen molar-refractivity contribution in [3.8, 4) is 22.8 Å². The Morgan fingerprint density at radius 2 is 1.33 bits per heavy atom. The van der Waals surface area contributed by atoms with E-state index in [0.717, 1.165) is 55.7 Å². The quantitative estimate of drug-likeness (QED) is 0.206. The van der Waals surface area contributed by atoms with Crippen LogP contribution in [0.4, 0.5) is 0 Å². The first kappa shape index (κ1) is 26.2. The van der Waals surface area contributed by atoms with Gasteiger partial charge >= 0.3 is 0 Å². The second kappa shape index (κ2) is 9.42. The highest BCUT2D eigenvalue weighted by Gasteiger charge is 2.20. The fourth-order valence-electron chi connectivity index (χ4n) is 5.78. The fourth-order valence-corrected chi connectivity index (χ4v) is 5.78. The Kier molecular flexibility index (Phi) is 5.88. The van der Waals surface area contributed by atoms with Gasteiger partial charge in [0.1, 0.15) is 17.1 Å². The van der Waals surface area contributed by atoms with E-state index < -0.39 is 0 Å². The topological polar surface area (TPSA) is 39.4 Å². The van der Waals surface area contributed by atoms with Gasteiger partial charge in [-0.2, -0.15) is 0 Å². The Bertz CT molecular complexity index is 2140. The van der Waals surface area contributed by atoms with Gasteiger partial charge in [-0.1, -0.05) is 71.9 Å². The van der Waals surface area contributed by atoms with Crippen molar-refractivity contribution in [2.24, 2.45) is 0 Å². The Balaban J connectivity index is 1.39. The summed E-state index contributed by atoms with van der Waals surface area (Å²) in [4.78, 5) is 9.82. The van der Waals surface area contributed by atoms with Crippen molar-refractivity contribution >= 4 is 38.4 Å². The van der Waals surface area contributed by atoms with Crippen molar-refractivity contribution in [3.63, 3.8) is 0 Å². The minimum Gasteiger partial charge on any atom is -0.457 e. The van der Waals surface area contributed by atoms with Crippen LogP contribution in [0.2, 0.25) is 0 Å². The molecule has 0 spiro atoms. The number of fused-ring (bicyclic) bond motifs is 8. The first-order valence-electron chi connectivity index (χ1n) is 14.6. The van der Waals surface area contributed by atoms with E-state index in [2.05, 4.69) is 137 Å². The molecule has 0 aliphatic heterocycles. The third-order valence-corrected chi connectivity index (χ3v) is 8.16. The van der Waals surface area contributed by atoms with Crippen LogP contribution in [0.25, 0.3) is 49.6 Å². The molecule has 42 heavy (non-hydrogen) atoms. The number of ether oxygens (including phenoxy) is 1. The summed E-state index contributed by atoms with van der Waals surface area (Å²) in [5.74, 6) is 1.57. The summed E-state index contributed by atoms with van der Waals surface area (Å²) in [7, 11) is 0. The Hall–Kier alpha value is -4.70. The van der Waals surface area contributed by atoms with Crippen LogP contribution in [0.15, 0.2) is 103 Å². The molecule has 4 aromatic carbocycles. The van der Waals surface area contributed by atoms with Crippen molar-refractivity contribution in [2.75, 3.05) is 0 Å². The molecule has 3 aromatic heterocycles. The lowest BCUT2D eigenvalue weighted by Crippen LogP contribution is -2.12. The summed E-state index contributed by atoms with van der Waals surface area (Å²) in [5, 5.41) is 3.42. The predicted molar refractivity (Wildman–Crippen MR) is 175 cm³/mol. The number of aromatic nitrogens is 3. The van der Waals surface area contributed by atoms with Crippen molar-refractivity contribution < 1.29 is 4.74 Å². The molecule has 208 valence electrons. The fraction of sp³-hybridized carbons (Fsp3) is 0.211. The summed E-state index contributed by atoms with van der Waals surface area (Å²) in [6.45, 7) is 13.4. The molecule has 3 heterocycles. The SMILES string of the molecule is CC(C)(C)c1cc(Oc2ccc3c4ccccc4n4c5ccccc5nc4c3c2)cc(-c2cc(C(C)(C)C)ccn2)c1. The van der Waals surface area contributed by atoms with E-state index in [-0.39, 0.29) is 10.8 Å². The number of pyridine rings is 2. The molecule has 0 N–H and O–H groups in total. The third-order valence-electron chi connectivity index (χ3n) is 8.16. The van der Waals surface area contributed by atoms with Gasteiger partial charge in [-0.15, -0.1) is 0 Å². The minimum absolute atomic E-state index is 0.0386. The van der Waals surface area contributed by atoms with Crippen LogP contribution in [0, 0.1) is 0 Å². The van der Waals surface area contributed by atoms with Crippen LogP contribution in [0.1, 0.15) is 52.7 Å². The average molecular weight is 550 g/mol. The Morgan fingerprint density at radius 1 is 0.595 bits per heavy atom. The van der Waals surface area contributed by atoms with Crippen LogP contribution < -0.4 is 4.74 Å². The van der Waals surface area contributed by atoms with Crippen LogP contribution in [-0.2, 0) is 10.8 Å². The zero-order chi connectivity index (χ0) is 29.2. The van der Waals surface area contributed by atoms with Crippen LogP contribution in [0.5, 0.6) is 11.5 Å². The van der Waals surface area contributed by atoms with Crippen LogP contribution in [-0.4, -0.2) is 14.4 Å². The van der Waals surface area contributed by atoms with Gasteiger partial charge in [-0.05, 0) is 94.1 Å². The molecule has 0 saturated heterocycles. The molecule has 0 bridgehead atoms. The lowest BCUT2D eigenvalue weighted by molar-refractivity contribution is 0.479. The highest BCUT2D eigenvalue weighted by molar-refractivity contribution is 6.14. The number of nitrogens with zero attached hydrogens (tertiary/aromatic N) is 3. The highest BCUT2D eigenvalue weighted by atomic mass is 16.5. The second-order valence-electron chi connectivity index (χ2n) is 13.3. The summed E-state index contributed by atoms with van der Waals surface area (Å²) >= 11 is 0. The predicted octanol–water partition coefficient (Wildman–Crippen LogP) is 10.2. The zero-order valence-electron chi connectivity index (χ0n) is 25.1. The third kappa shape index (κ3) is 4.48. The van der Waals surface area contributed by atoms with E-state index in [9.17, 15) is 0 Å². The van der Waals surface area contributed by atoms with Crippen LogP contribution in [0.3, 0.4) is 0 Å². The Morgan fingerprint density at radius 3 is 2.12 bits per heavy atom. The van der Waals surface area contributed by atoms with Gasteiger partial charge in [-0.25, -0.2) is 4.98 Å². The number of imidazole rings is 1. The summed E-state index contributed by atoms with van der Waals surface area (Å²) < 4.78 is 8.92. The van der Waals surface area contributed by atoms with Gasteiger partial charge in [-0.3, -0.25) is 9.38 Å². The van der Waals surface area contributed by atoms with Gasteiger partial charge in [0.15, 0.2) is 0 Å². The minimum atomic E-state index is -0.0554. The maximum atomic E-state index is 6.65. The number of benzene rings is 4. The molecule has 0 saturated carbocycles. The van der Waals surface area contributed by atoms with Gasteiger partial charge < -0.3 is 4.74 Å². The molecule has 0 atom stereocenters. The van der Waals surface area contributed by atoms with E-state index in [1.54, 1.807) is 0 Å². The van der Waals surface area contributed by atoms with E-state index in [1.165, 1.54) is 16.5 Å². The summed E-state index contributed by atoms with van der Waals surface area (Å²) in [6.07, 6.45) is 1.91. The smallest absolute Gasteiger partial charge is 0.146 e. The molecule has 4 heteroatoms. The molecule has 0 amide bonds. The lowest BCUT2D eigenvalue weighted by Gasteiger charge is -2.22. The molecule has 0 fully saturated rings. The molecule has 0 aliphatic carbocycles. The lowest BCUT2D eigenvalue weighted by atomic mass is 9.84. The Labute approximate surface area is 246 Å². The maximum absolute atomic E-state index is 6.65. The van der Waals surface area contributed by atoms with E-state index in [1.807, 2.05) is 12.3 Å². The average Bonchev–Trinajstić information content (AvgIpc) is 3.37. The second-order valence-corrected chi connectivity index (χ2v) is 13.3. The van der Waals surface area contributed by atoms with Crippen molar-refractivity contribution in [3.05, 3.63) is 114 Å². The molecule has 7 rings (SSSR count). The number of hydrogen-bond acceptors (Lipinski definition) is 3. The number of rotatable bonds is 3. The van der Waals surface area contributed by atoms with E-state index >= 15 is 0 Å². The zero-order valence-corrected chi connectivity index (χ0v) is 25.1. The number of para-hydroxylation sites is 3. The first-order chi connectivity index (χ1) is 20.1. The standard InChI is InChI=1S/C38H35N3O/c1-37(2,3)25-17-18-39-33(22-25)24-19-26(38(4,5)6)21-28(20-24)42-27-15-16-29-30-11-7-9-13-34(30)41-35-14-10-8-12-32(35)40-36(41)31(29)23-27/h7-23H,1-6H3. The normalized spacial score (nSPS) is 12.5. The molecule has 0 unspecified atom stereocenters. The van der Waals surface area contributed by atoms with Gasteiger partial charge in [0, 0.05) is 22.5 Å². The summed E-state index contributed by atoms with van der Waals surface area (Å²) in [6, 6.07) is 34.0. The van der Waals surface area contributed by atoms with Crippen LogP contribution >= 0.6 is 0 Å². The van der Waals surface area contributed by atoms with E-state index in [4.69, 9.17) is 14.7 Å². The summed E-state index contributed by atoms with van der Waals surface area (Å²) in [5.41, 5.74) is 8.61. The molecule has 4 nitrogen and oxygen atoms in total. The van der Waals surface area contributed by atoms with Gasteiger partial charge in [0.2, 0.25) is 0 Å². The maximum Gasteiger partial charge on any atom is 0.146 e. The molecule has 0 aliphatic rings. The van der Waals surface area contributed by atoms with Crippen molar-refractivity contribution in [1.82, 2.24) is 14.4 Å². The molecule has 0 radical (unpaired) electrons. The first-order valence-corrected chi connectivity index (χ1v) is 14.6. The monoisotopic (exact) mass is 549 g/mol. The van der Waals surface area contributed by atoms with Gasteiger partial charge in [0.25, 0.3) is 0 Å². The largest absolute Gasteiger partial charge is 0.457 e. The molecular weight excluding hydrogens is 514 g/mol. The molecular formula is C38H35N3O. The van der Waals surface area contributed by atoms with E-state index in [0.29, 0.717) is 0 Å². The highest BCUT2D eigenvalue weighted by Crippen LogP contribution is 2.38. The molecule has 7 aromatic rings. The number of hydrogen-bond donors (Lipinski definition) is 0. The van der Waals surface area contributed by atoms with Crippen molar-refractivity contribution in [2.45, 2.75) is 52.4 Å². The van der Waals surface area contributed by atoms with Gasteiger partial charge in [0.05, 0.1) is 22.2 Å².